The average Bonchev–Trinajstić information content (AvgIpc) is 3.01. The van der Waals surface area contributed by atoms with Gasteiger partial charge in [-0.15, -0.1) is 10.2 Å². The van der Waals surface area contributed by atoms with Crippen LogP contribution in [0.1, 0.15) is 48.2 Å². The standard InChI is InChI=1S/C20H20N2O/c1-15(2)18-11-7-6-10-17(18)12-13-19-21-22-20(23-19)14-16-8-4-3-5-9-16/h3-13,15H,14H2,1-2H3/b13-12+. The molecule has 0 aliphatic heterocycles. The van der Waals surface area contributed by atoms with Crippen LogP contribution in [0.3, 0.4) is 0 Å². The number of hydrogen-bond donors (Lipinski definition) is 0. The molecule has 2 aromatic carbocycles. The molecule has 0 bridgehead atoms. The molecule has 3 aromatic rings. The van der Waals surface area contributed by atoms with Gasteiger partial charge in [0.25, 0.3) is 0 Å². The van der Waals surface area contributed by atoms with Gasteiger partial charge in [0.2, 0.25) is 11.8 Å². The number of benzene rings is 2. The molecule has 0 fully saturated rings. The van der Waals surface area contributed by atoms with E-state index >= 15 is 0 Å². The van der Waals surface area contributed by atoms with Crippen LogP contribution in [0, 0.1) is 0 Å². The summed E-state index contributed by atoms with van der Waals surface area (Å²) in [4.78, 5) is 0. The Morgan fingerprint density at radius 2 is 1.65 bits per heavy atom. The van der Waals surface area contributed by atoms with Gasteiger partial charge in [-0.2, -0.15) is 0 Å². The summed E-state index contributed by atoms with van der Waals surface area (Å²) in [6.07, 6.45) is 4.57. The van der Waals surface area contributed by atoms with Crippen molar-refractivity contribution in [3.05, 3.63) is 83.1 Å². The van der Waals surface area contributed by atoms with Crippen molar-refractivity contribution in [2.45, 2.75) is 26.2 Å². The fourth-order valence-corrected chi connectivity index (χ4v) is 2.53. The first kappa shape index (κ1) is 15.2. The molecular formula is C20H20N2O. The van der Waals surface area contributed by atoms with Crippen LogP contribution in [-0.4, -0.2) is 10.2 Å². The molecule has 0 N–H and O–H groups in total. The normalized spacial score (nSPS) is 11.4. The highest BCUT2D eigenvalue weighted by molar-refractivity contribution is 5.68. The van der Waals surface area contributed by atoms with E-state index in [0.717, 1.165) is 5.56 Å². The van der Waals surface area contributed by atoms with Gasteiger partial charge in [-0.05, 0) is 28.7 Å². The quantitative estimate of drug-likeness (QED) is 0.669. The molecule has 23 heavy (non-hydrogen) atoms. The predicted molar refractivity (Wildman–Crippen MR) is 93.0 cm³/mol. The zero-order valence-corrected chi connectivity index (χ0v) is 13.4. The monoisotopic (exact) mass is 304 g/mol. The average molecular weight is 304 g/mol. The fraction of sp³-hybridized carbons (Fsp3) is 0.200. The molecule has 1 aromatic heterocycles. The molecule has 0 radical (unpaired) electrons. The smallest absolute Gasteiger partial charge is 0.240 e. The van der Waals surface area contributed by atoms with Crippen molar-refractivity contribution in [1.29, 1.82) is 0 Å². The lowest BCUT2D eigenvalue weighted by atomic mass is 9.97. The maximum atomic E-state index is 5.70. The second-order valence-corrected chi connectivity index (χ2v) is 5.81. The van der Waals surface area contributed by atoms with Crippen LogP contribution in [0.4, 0.5) is 0 Å². The summed E-state index contributed by atoms with van der Waals surface area (Å²) in [5.74, 6) is 1.65. The second-order valence-electron chi connectivity index (χ2n) is 5.81. The summed E-state index contributed by atoms with van der Waals surface area (Å²) in [7, 11) is 0. The zero-order valence-electron chi connectivity index (χ0n) is 13.4. The van der Waals surface area contributed by atoms with E-state index in [1.54, 1.807) is 0 Å². The topological polar surface area (TPSA) is 38.9 Å². The van der Waals surface area contributed by atoms with Crippen molar-refractivity contribution in [2.75, 3.05) is 0 Å². The molecule has 3 nitrogen and oxygen atoms in total. The molecule has 116 valence electrons. The Morgan fingerprint density at radius 1 is 0.913 bits per heavy atom. The summed E-state index contributed by atoms with van der Waals surface area (Å²) < 4.78 is 5.70. The van der Waals surface area contributed by atoms with Gasteiger partial charge in [0.15, 0.2) is 0 Å². The molecule has 0 saturated heterocycles. The lowest BCUT2D eigenvalue weighted by molar-refractivity contribution is 0.496. The van der Waals surface area contributed by atoms with Gasteiger partial charge >= 0.3 is 0 Å². The SMILES string of the molecule is CC(C)c1ccccc1/C=C/c1nnc(Cc2ccccc2)o1. The maximum Gasteiger partial charge on any atom is 0.240 e. The lowest BCUT2D eigenvalue weighted by Gasteiger charge is -2.08. The number of rotatable bonds is 5. The van der Waals surface area contributed by atoms with Crippen LogP contribution in [0.2, 0.25) is 0 Å². The van der Waals surface area contributed by atoms with Gasteiger partial charge in [-0.3, -0.25) is 0 Å². The Morgan fingerprint density at radius 3 is 2.43 bits per heavy atom. The Bertz CT molecular complexity index is 788. The summed E-state index contributed by atoms with van der Waals surface area (Å²) in [6, 6.07) is 18.5. The summed E-state index contributed by atoms with van der Waals surface area (Å²) >= 11 is 0. The Kier molecular flexibility index (Phi) is 4.67. The van der Waals surface area contributed by atoms with Crippen molar-refractivity contribution in [2.24, 2.45) is 0 Å². The van der Waals surface area contributed by atoms with Crippen molar-refractivity contribution in [3.63, 3.8) is 0 Å². The Hall–Kier alpha value is -2.68. The minimum absolute atomic E-state index is 0.479. The van der Waals surface area contributed by atoms with Crippen LogP contribution in [0.25, 0.3) is 12.2 Å². The van der Waals surface area contributed by atoms with Crippen molar-refractivity contribution >= 4 is 12.2 Å². The van der Waals surface area contributed by atoms with E-state index in [1.807, 2.05) is 36.4 Å². The van der Waals surface area contributed by atoms with Gasteiger partial charge in [-0.25, -0.2) is 0 Å². The van der Waals surface area contributed by atoms with Crippen LogP contribution in [-0.2, 0) is 6.42 Å². The number of nitrogens with zero attached hydrogens (tertiary/aromatic N) is 2. The first-order chi connectivity index (χ1) is 11.2. The molecule has 1 heterocycles. The maximum absolute atomic E-state index is 5.70. The molecule has 0 saturated carbocycles. The van der Waals surface area contributed by atoms with Crippen LogP contribution < -0.4 is 0 Å². The second kappa shape index (κ2) is 7.05. The fourth-order valence-electron chi connectivity index (χ4n) is 2.53. The number of hydrogen-bond acceptors (Lipinski definition) is 3. The summed E-state index contributed by atoms with van der Waals surface area (Å²) in [6.45, 7) is 4.38. The van der Waals surface area contributed by atoms with E-state index in [2.05, 4.69) is 54.4 Å². The molecule has 0 spiro atoms. The van der Waals surface area contributed by atoms with Gasteiger partial charge in [0.05, 0.1) is 6.42 Å². The largest absolute Gasteiger partial charge is 0.421 e. The highest BCUT2D eigenvalue weighted by Gasteiger charge is 2.06. The number of aromatic nitrogens is 2. The van der Waals surface area contributed by atoms with Gasteiger partial charge < -0.3 is 4.42 Å². The molecule has 0 unspecified atom stereocenters. The van der Waals surface area contributed by atoms with E-state index < -0.39 is 0 Å². The molecule has 3 heteroatoms. The Labute approximate surface area is 136 Å². The first-order valence-corrected chi connectivity index (χ1v) is 7.85. The van der Waals surface area contributed by atoms with E-state index in [1.165, 1.54) is 11.1 Å². The molecule has 3 rings (SSSR count). The molecule has 0 aliphatic carbocycles. The highest BCUT2D eigenvalue weighted by Crippen LogP contribution is 2.21. The van der Waals surface area contributed by atoms with Gasteiger partial charge in [0, 0.05) is 6.08 Å². The van der Waals surface area contributed by atoms with Crippen LogP contribution in [0.5, 0.6) is 0 Å². The lowest BCUT2D eigenvalue weighted by Crippen LogP contribution is -1.90. The van der Waals surface area contributed by atoms with Gasteiger partial charge in [0.1, 0.15) is 0 Å². The predicted octanol–water partition coefficient (Wildman–Crippen LogP) is 4.95. The van der Waals surface area contributed by atoms with E-state index in [4.69, 9.17) is 4.42 Å². The van der Waals surface area contributed by atoms with Crippen LogP contribution in [0.15, 0.2) is 59.0 Å². The molecule has 0 amide bonds. The zero-order chi connectivity index (χ0) is 16.1. The Balaban J connectivity index is 1.74. The van der Waals surface area contributed by atoms with Crippen molar-refractivity contribution in [1.82, 2.24) is 10.2 Å². The summed E-state index contributed by atoms with van der Waals surface area (Å²) in [5.41, 5.74) is 3.66. The van der Waals surface area contributed by atoms with Gasteiger partial charge in [-0.1, -0.05) is 68.4 Å². The molecular weight excluding hydrogens is 284 g/mol. The van der Waals surface area contributed by atoms with Crippen molar-refractivity contribution < 1.29 is 4.42 Å². The third kappa shape index (κ3) is 3.95. The molecule has 0 aliphatic rings. The summed E-state index contributed by atoms with van der Waals surface area (Å²) in [5, 5.41) is 8.21. The van der Waals surface area contributed by atoms with Crippen LogP contribution >= 0.6 is 0 Å². The van der Waals surface area contributed by atoms with E-state index in [9.17, 15) is 0 Å². The molecule has 0 atom stereocenters. The van der Waals surface area contributed by atoms with Crippen molar-refractivity contribution in [3.8, 4) is 0 Å². The van der Waals surface area contributed by atoms with E-state index in [-0.39, 0.29) is 0 Å². The minimum Gasteiger partial charge on any atom is -0.421 e. The first-order valence-electron chi connectivity index (χ1n) is 7.85. The minimum atomic E-state index is 0.479. The highest BCUT2D eigenvalue weighted by atomic mass is 16.4. The van der Waals surface area contributed by atoms with E-state index in [0.29, 0.717) is 24.1 Å². The third-order valence-corrected chi connectivity index (χ3v) is 3.70. The third-order valence-electron chi connectivity index (χ3n) is 3.70.